The number of para-hydroxylation sites is 1. The van der Waals surface area contributed by atoms with Gasteiger partial charge >= 0.3 is 5.91 Å². The highest BCUT2D eigenvalue weighted by molar-refractivity contribution is 7.90. The summed E-state index contributed by atoms with van der Waals surface area (Å²) in [5.41, 5.74) is 1.27. The number of ether oxygens (including phenoxy) is 1. The van der Waals surface area contributed by atoms with Gasteiger partial charge in [-0.3, -0.25) is 4.90 Å². The molecule has 1 aliphatic rings. The van der Waals surface area contributed by atoms with Crippen LogP contribution >= 0.6 is 0 Å². The SMILES string of the molecule is CC(C)COc1ccc(S(C)(=O)=O)cc1C(=O)[NH+]1CCN(c2ccc3ccccc3n2)CC1. The molecule has 1 N–H and O–H groups in total. The lowest BCUT2D eigenvalue weighted by Gasteiger charge is -2.32. The van der Waals surface area contributed by atoms with Crippen LogP contribution in [0.2, 0.25) is 0 Å². The fraction of sp³-hybridized carbons (Fsp3) is 0.360. The van der Waals surface area contributed by atoms with Gasteiger partial charge in [0.05, 0.1) is 30.1 Å². The Morgan fingerprint density at radius 3 is 2.52 bits per heavy atom. The molecule has 1 amide bonds. The quantitative estimate of drug-likeness (QED) is 0.598. The zero-order valence-electron chi connectivity index (χ0n) is 19.2. The summed E-state index contributed by atoms with van der Waals surface area (Å²) < 4.78 is 30.0. The predicted octanol–water partition coefficient (Wildman–Crippen LogP) is 2.22. The van der Waals surface area contributed by atoms with Crippen LogP contribution < -0.4 is 14.5 Å². The van der Waals surface area contributed by atoms with Gasteiger partial charge in [0.25, 0.3) is 0 Å². The van der Waals surface area contributed by atoms with E-state index in [0.717, 1.165) is 27.9 Å². The molecule has 2 aromatic carbocycles. The van der Waals surface area contributed by atoms with Crippen molar-refractivity contribution in [1.29, 1.82) is 0 Å². The molecule has 3 aromatic rings. The number of quaternary nitrogens is 1. The fourth-order valence-corrected chi connectivity index (χ4v) is 4.60. The minimum absolute atomic E-state index is 0.126. The molecule has 0 aliphatic carbocycles. The summed E-state index contributed by atoms with van der Waals surface area (Å²) in [6.07, 6.45) is 1.15. The molecule has 7 nitrogen and oxygen atoms in total. The lowest BCUT2D eigenvalue weighted by atomic mass is 10.1. The van der Waals surface area contributed by atoms with E-state index < -0.39 is 9.84 Å². The maximum atomic E-state index is 13.4. The standard InChI is InChI=1S/C25H29N3O4S/c1-18(2)17-32-23-10-9-20(33(3,30)31)16-21(23)25(29)28-14-12-27(13-15-28)24-11-8-19-6-4-5-7-22(19)26-24/h4-11,16,18H,12-15,17H2,1-3H3/p+1. The van der Waals surface area contributed by atoms with E-state index in [1.54, 1.807) is 6.07 Å². The van der Waals surface area contributed by atoms with Gasteiger partial charge in [-0.05, 0) is 42.3 Å². The highest BCUT2D eigenvalue weighted by atomic mass is 32.2. The van der Waals surface area contributed by atoms with Crippen LogP contribution in [0.15, 0.2) is 59.5 Å². The number of benzene rings is 2. The van der Waals surface area contributed by atoms with E-state index in [0.29, 0.717) is 44.1 Å². The van der Waals surface area contributed by atoms with Gasteiger partial charge < -0.3 is 9.64 Å². The molecule has 0 spiro atoms. The second-order valence-corrected chi connectivity index (χ2v) is 10.9. The first kappa shape index (κ1) is 23.2. The number of carbonyl (C=O) groups excluding carboxylic acids is 1. The molecule has 0 unspecified atom stereocenters. The molecule has 1 aromatic heterocycles. The minimum Gasteiger partial charge on any atom is -0.492 e. The summed E-state index contributed by atoms with van der Waals surface area (Å²) in [5, 5.41) is 1.10. The molecule has 8 heteroatoms. The number of rotatable bonds is 6. The molecule has 0 radical (unpaired) electrons. The first-order valence-corrected chi connectivity index (χ1v) is 13.1. The summed E-state index contributed by atoms with van der Waals surface area (Å²) in [5.74, 6) is 1.49. The van der Waals surface area contributed by atoms with E-state index in [1.165, 1.54) is 12.1 Å². The first-order chi connectivity index (χ1) is 15.7. The van der Waals surface area contributed by atoms with E-state index in [9.17, 15) is 13.2 Å². The smallest absolute Gasteiger partial charge is 0.348 e. The maximum Gasteiger partial charge on any atom is 0.348 e. The first-order valence-electron chi connectivity index (χ1n) is 11.2. The molecule has 1 aliphatic heterocycles. The molecule has 1 saturated heterocycles. The van der Waals surface area contributed by atoms with Crippen LogP contribution in [0.1, 0.15) is 24.2 Å². The number of carbonyl (C=O) groups is 1. The van der Waals surface area contributed by atoms with Crippen LogP contribution in [0.25, 0.3) is 10.9 Å². The molecule has 174 valence electrons. The number of sulfone groups is 1. The third-order valence-corrected chi connectivity index (χ3v) is 6.90. The minimum atomic E-state index is -3.43. The second-order valence-electron chi connectivity index (χ2n) is 8.92. The van der Waals surface area contributed by atoms with Crippen molar-refractivity contribution >= 4 is 32.5 Å². The van der Waals surface area contributed by atoms with Gasteiger partial charge in [0.1, 0.15) is 30.2 Å². The number of fused-ring (bicyclic) bond motifs is 1. The van der Waals surface area contributed by atoms with E-state index >= 15 is 0 Å². The number of hydrogen-bond donors (Lipinski definition) is 1. The maximum absolute atomic E-state index is 13.4. The average Bonchev–Trinajstić information content (AvgIpc) is 2.81. The Balaban J connectivity index is 1.52. The fourth-order valence-electron chi connectivity index (χ4n) is 3.95. The number of pyridine rings is 1. The number of anilines is 1. The van der Waals surface area contributed by atoms with E-state index in [4.69, 9.17) is 9.72 Å². The van der Waals surface area contributed by atoms with Crippen LogP contribution in [0.5, 0.6) is 5.75 Å². The topological polar surface area (TPSA) is 81.0 Å². The van der Waals surface area contributed by atoms with Crippen molar-refractivity contribution < 1.29 is 22.8 Å². The molecular formula is C25H30N3O4S+. The van der Waals surface area contributed by atoms with Crippen LogP contribution in [0, 0.1) is 5.92 Å². The summed E-state index contributed by atoms with van der Waals surface area (Å²) in [6.45, 7) is 7.06. The van der Waals surface area contributed by atoms with Crippen molar-refractivity contribution in [2.24, 2.45) is 5.92 Å². The number of nitrogens with zero attached hydrogens (tertiary/aromatic N) is 2. The monoisotopic (exact) mass is 468 g/mol. The summed E-state index contributed by atoms with van der Waals surface area (Å²) in [7, 11) is -3.43. The molecular weight excluding hydrogens is 438 g/mol. The van der Waals surface area contributed by atoms with Crippen molar-refractivity contribution in [3.63, 3.8) is 0 Å². The van der Waals surface area contributed by atoms with E-state index in [1.807, 2.05) is 44.2 Å². The summed E-state index contributed by atoms with van der Waals surface area (Å²) in [4.78, 5) is 21.3. The van der Waals surface area contributed by atoms with Gasteiger partial charge in [-0.15, -0.1) is 0 Å². The molecule has 0 saturated carbocycles. The van der Waals surface area contributed by atoms with Crippen LogP contribution in [0.4, 0.5) is 5.82 Å². The van der Waals surface area contributed by atoms with Gasteiger partial charge in [-0.25, -0.2) is 18.2 Å². The number of aromatic nitrogens is 1. The molecule has 4 rings (SSSR count). The third kappa shape index (κ3) is 5.34. The van der Waals surface area contributed by atoms with Crippen LogP contribution in [0.3, 0.4) is 0 Å². The summed E-state index contributed by atoms with van der Waals surface area (Å²) in [6, 6.07) is 16.6. The Hall–Kier alpha value is -2.97. The third-order valence-electron chi connectivity index (χ3n) is 5.79. The largest absolute Gasteiger partial charge is 0.492 e. The lowest BCUT2D eigenvalue weighted by Crippen LogP contribution is -3.17. The highest BCUT2D eigenvalue weighted by Gasteiger charge is 2.31. The summed E-state index contributed by atoms with van der Waals surface area (Å²) >= 11 is 0. The molecule has 1 fully saturated rings. The van der Waals surface area contributed by atoms with Crippen molar-refractivity contribution in [3.8, 4) is 5.75 Å². The molecule has 2 heterocycles. The average molecular weight is 469 g/mol. The van der Waals surface area contributed by atoms with Crippen molar-refractivity contribution in [2.75, 3.05) is 43.9 Å². The van der Waals surface area contributed by atoms with Gasteiger partial charge in [0.2, 0.25) is 0 Å². The predicted molar refractivity (Wildman–Crippen MR) is 129 cm³/mol. The molecule has 0 atom stereocenters. The van der Waals surface area contributed by atoms with Crippen LogP contribution in [-0.2, 0) is 9.84 Å². The Morgan fingerprint density at radius 1 is 1.09 bits per heavy atom. The number of amides is 1. The number of hydrogen-bond acceptors (Lipinski definition) is 6. The second kappa shape index (κ2) is 9.49. The van der Waals surface area contributed by atoms with Gasteiger partial charge in [-0.2, -0.15) is 0 Å². The number of nitrogens with one attached hydrogen (secondary N) is 1. The zero-order valence-corrected chi connectivity index (χ0v) is 20.1. The Bertz CT molecular complexity index is 1270. The van der Waals surface area contributed by atoms with Crippen molar-refractivity contribution in [3.05, 3.63) is 60.2 Å². The lowest BCUT2D eigenvalue weighted by molar-refractivity contribution is -0.815. The highest BCUT2D eigenvalue weighted by Crippen LogP contribution is 2.23. The Kier molecular flexibility index (Phi) is 6.67. The van der Waals surface area contributed by atoms with Crippen molar-refractivity contribution in [2.45, 2.75) is 18.7 Å². The Morgan fingerprint density at radius 2 is 1.82 bits per heavy atom. The Labute approximate surface area is 194 Å². The van der Waals surface area contributed by atoms with E-state index in [-0.39, 0.29) is 16.7 Å². The zero-order chi connectivity index (χ0) is 23.6. The number of piperazine rings is 1. The van der Waals surface area contributed by atoms with Crippen molar-refractivity contribution in [1.82, 2.24) is 4.98 Å². The van der Waals surface area contributed by atoms with Gasteiger partial charge in [-0.1, -0.05) is 32.0 Å². The molecule has 33 heavy (non-hydrogen) atoms. The van der Waals surface area contributed by atoms with E-state index in [2.05, 4.69) is 11.0 Å². The van der Waals surface area contributed by atoms with Gasteiger partial charge in [0, 0.05) is 11.6 Å². The van der Waals surface area contributed by atoms with Gasteiger partial charge in [0.15, 0.2) is 9.84 Å². The van der Waals surface area contributed by atoms with Crippen LogP contribution in [-0.4, -0.2) is 58.4 Å². The molecule has 0 bridgehead atoms. The normalized spacial score (nSPS) is 15.2.